The Bertz CT molecular complexity index is 119. The monoisotopic (exact) mass is 182 g/mol. The summed E-state index contributed by atoms with van der Waals surface area (Å²) in [5.41, 5.74) is 0. The first-order valence-corrected chi connectivity index (χ1v) is 5.02. The van der Waals surface area contributed by atoms with Crippen LogP contribution in [0.2, 0.25) is 0 Å². The Balaban J connectivity index is 3.76. The van der Waals surface area contributed by atoms with Crippen molar-refractivity contribution in [3.05, 3.63) is 12.7 Å². The van der Waals surface area contributed by atoms with Crippen molar-refractivity contribution < 1.29 is 18.5 Å². The van der Waals surface area contributed by atoms with Crippen LogP contribution < -0.4 is 0 Å². The van der Waals surface area contributed by atoms with Crippen LogP contribution in [-0.2, 0) is 13.6 Å². The second-order valence-corrected chi connectivity index (χ2v) is 3.79. The molecule has 0 unspecified atom stereocenters. The summed E-state index contributed by atoms with van der Waals surface area (Å²) >= 11 is 0. The molecule has 0 aromatic carbocycles. The molecule has 68 valence electrons. The van der Waals surface area contributed by atoms with Gasteiger partial charge in [0.25, 0.3) is 0 Å². The molecule has 0 aromatic rings. The molecular formula is C6H15O4P. The predicted octanol–water partition coefficient (Wildman–Crippen LogP) is 1.27. The first-order chi connectivity index (χ1) is 5.18. The second kappa shape index (κ2) is 5.63. The van der Waals surface area contributed by atoms with E-state index in [1.165, 1.54) is 13.2 Å². The topological polar surface area (TPSA) is 47.9 Å². The van der Waals surface area contributed by atoms with Gasteiger partial charge >= 0.3 is 66.5 Å². The molecule has 11 heavy (non-hydrogen) atoms. The Morgan fingerprint density at radius 3 is 2.55 bits per heavy atom. The molecule has 0 saturated carbocycles. The Labute approximate surface area is 67.4 Å². The van der Waals surface area contributed by atoms with Crippen LogP contribution in [0, 0.1) is 0 Å². The third kappa shape index (κ3) is 4.45. The van der Waals surface area contributed by atoms with Gasteiger partial charge in [0.15, 0.2) is 0 Å². The molecule has 0 atom stereocenters. The van der Waals surface area contributed by atoms with Crippen molar-refractivity contribution in [3.8, 4) is 0 Å². The van der Waals surface area contributed by atoms with Gasteiger partial charge in [-0.25, -0.2) is 0 Å². The molecule has 1 N–H and O–H groups in total. The molecular weight excluding hydrogens is 167 g/mol. The second-order valence-electron chi connectivity index (χ2n) is 1.76. The van der Waals surface area contributed by atoms with Gasteiger partial charge in [0.05, 0.1) is 0 Å². The van der Waals surface area contributed by atoms with Crippen LogP contribution >= 0.6 is 8.17 Å². The van der Waals surface area contributed by atoms with Crippen LogP contribution in [0.15, 0.2) is 12.7 Å². The Morgan fingerprint density at radius 2 is 2.18 bits per heavy atom. The van der Waals surface area contributed by atoms with Crippen LogP contribution in [0.5, 0.6) is 0 Å². The standard InChI is InChI=1S/C6H15O4P/c1-4-6-10-11(7,8-3)9-5-2/h4,7,11H,1,5-6H2,2-3H3. The number of hydrogen-bond donors (Lipinski definition) is 1. The average Bonchev–Trinajstić information content (AvgIpc) is 2.02. The molecule has 0 spiro atoms. The van der Waals surface area contributed by atoms with Crippen molar-refractivity contribution in [2.45, 2.75) is 6.92 Å². The normalized spacial score (nSPS) is 13.0. The van der Waals surface area contributed by atoms with Crippen molar-refractivity contribution in [1.82, 2.24) is 0 Å². The summed E-state index contributed by atoms with van der Waals surface area (Å²) in [6.07, 6.45) is 1.52. The summed E-state index contributed by atoms with van der Waals surface area (Å²) in [7, 11) is -1.96. The minimum absolute atomic E-state index is 0.233. The van der Waals surface area contributed by atoms with Crippen LogP contribution in [0.4, 0.5) is 0 Å². The molecule has 5 heteroatoms. The van der Waals surface area contributed by atoms with E-state index < -0.39 is 8.17 Å². The van der Waals surface area contributed by atoms with E-state index in [0.717, 1.165) is 0 Å². The Hall–Kier alpha value is 0.0100. The van der Waals surface area contributed by atoms with Gasteiger partial charge in [-0.05, 0) is 0 Å². The van der Waals surface area contributed by atoms with Crippen molar-refractivity contribution >= 4 is 8.17 Å². The van der Waals surface area contributed by atoms with Crippen molar-refractivity contribution in [3.63, 3.8) is 0 Å². The maximum atomic E-state index is 9.38. The van der Waals surface area contributed by atoms with E-state index in [-0.39, 0.29) is 6.61 Å². The fourth-order valence-electron chi connectivity index (χ4n) is 0.506. The molecule has 0 radical (unpaired) electrons. The predicted molar refractivity (Wildman–Crippen MR) is 45.3 cm³/mol. The molecule has 0 saturated heterocycles. The van der Waals surface area contributed by atoms with E-state index in [2.05, 4.69) is 11.1 Å². The number of hydrogen-bond acceptors (Lipinski definition) is 4. The third-order valence-corrected chi connectivity index (χ3v) is 2.67. The summed E-state index contributed by atoms with van der Waals surface area (Å²) in [6.45, 7) is 5.79. The summed E-state index contributed by atoms with van der Waals surface area (Å²) in [6, 6.07) is 0. The van der Waals surface area contributed by atoms with Crippen LogP contribution in [0.3, 0.4) is 0 Å². The summed E-state index contributed by atoms with van der Waals surface area (Å²) in [4.78, 5) is 9.38. The van der Waals surface area contributed by atoms with Crippen LogP contribution in [0.25, 0.3) is 0 Å². The minimum atomic E-state index is -3.32. The van der Waals surface area contributed by atoms with E-state index >= 15 is 0 Å². The zero-order valence-electron chi connectivity index (χ0n) is 6.87. The molecule has 0 aliphatic rings. The van der Waals surface area contributed by atoms with E-state index in [9.17, 15) is 4.89 Å². The van der Waals surface area contributed by atoms with Gasteiger partial charge in [0, 0.05) is 0 Å². The molecule has 0 rings (SSSR count). The SMILES string of the molecule is C=CCO[PH](O)(OC)OCC. The molecule has 0 amide bonds. The van der Waals surface area contributed by atoms with Crippen LogP contribution in [-0.4, -0.2) is 25.2 Å². The van der Waals surface area contributed by atoms with Crippen molar-refractivity contribution in [2.75, 3.05) is 20.3 Å². The maximum absolute atomic E-state index is 9.38. The van der Waals surface area contributed by atoms with E-state index in [1.54, 1.807) is 6.92 Å². The van der Waals surface area contributed by atoms with Crippen LogP contribution in [0.1, 0.15) is 6.92 Å². The molecule has 0 aliphatic carbocycles. The molecule has 0 bridgehead atoms. The first kappa shape index (κ1) is 11.0. The van der Waals surface area contributed by atoms with E-state index in [0.29, 0.717) is 6.61 Å². The molecule has 4 nitrogen and oxygen atoms in total. The van der Waals surface area contributed by atoms with Crippen molar-refractivity contribution in [2.24, 2.45) is 0 Å². The fraction of sp³-hybridized carbons (Fsp3) is 0.667. The zero-order chi connectivity index (χ0) is 8.74. The van der Waals surface area contributed by atoms with Gasteiger partial charge < -0.3 is 0 Å². The van der Waals surface area contributed by atoms with E-state index in [4.69, 9.17) is 9.05 Å². The van der Waals surface area contributed by atoms with Crippen molar-refractivity contribution in [1.29, 1.82) is 0 Å². The summed E-state index contributed by atoms with van der Waals surface area (Å²) < 4.78 is 14.5. The quantitative estimate of drug-likeness (QED) is 0.496. The fourth-order valence-corrected chi connectivity index (χ4v) is 1.52. The van der Waals surface area contributed by atoms with Gasteiger partial charge in [-0.3, -0.25) is 0 Å². The molecule has 0 aliphatic heterocycles. The molecule has 0 fully saturated rings. The van der Waals surface area contributed by atoms with Gasteiger partial charge in [0.1, 0.15) is 0 Å². The van der Waals surface area contributed by atoms with E-state index in [1.807, 2.05) is 0 Å². The third-order valence-electron chi connectivity index (χ3n) is 0.968. The Morgan fingerprint density at radius 1 is 1.55 bits per heavy atom. The summed E-state index contributed by atoms with van der Waals surface area (Å²) in [5.74, 6) is 0. The van der Waals surface area contributed by atoms with Gasteiger partial charge in [-0.15, -0.1) is 0 Å². The first-order valence-electron chi connectivity index (χ1n) is 3.35. The van der Waals surface area contributed by atoms with Gasteiger partial charge in [0.2, 0.25) is 0 Å². The Kier molecular flexibility index (Phi) is 5.64. The zero-order valence-corrected chi connectivity index (χ0v) is 7.87. The average molecular weight is 182 g/mol. The summed E-state index contributed by atoms with van der Waals surface area (Å²) in [5, 5.41) is 0. The van der Waals surface area contributed by atoms with Gasteiger partial charge in [-0.1, -0.05) is 0 Å². The van der Waals surface area contributed by atoms with Gasteiger partial charge in [-0.2, -0.15) is 0 Å². The molecule has 0 aromatic heterocycles. The number of rotatable bonds is 6. The molecule has 0 heterocycles.